The predicted molar refractivity (Wildman–Crippen MR) is 72.1 cm³/mol. The van der Waals surface area contributed by atoms with E-state index >= 15 is 0 Å². The van der Waals surface area contributed by atoms with Crippen molar-refractivity contribution in [1.29, 1.82) is 0 Å². The smallest absolute Gasteiger partial charge is 0.246 e. The molecule has 1 aliphatic rings. The number of piperazine rings is 1. The third-order valence-electron chi connectivity index (χ3n) is 3.77. The van der Waals surface area contributed by atoms with Gasteiger partial charge in [0.05, 0.1) is 0 Å². The molecule has 1 saturated heterocycles. The van der Waals surface area contributed by atoms with E-state index in [-0.39, 0.29) is 35.9 Å². The van der Waals surface area contributed by atoms with Crippen LogP contribution in [-0.4, -0.2) is 34.8 Å². The number of rotatable bonds is 5. The quantitative estimate of drug-likeness (QED) is 0.815. The fraction of sp³-hybridized carbons (Fsp3) is 0.857. The van der Waals surface area contributed by atoms with Gasteiger partial charge < -0.3 is 10.2 Å². The van der Waals surface area contributed by atoms with Crippen LogP contribution in [0.1, 0.15) is 53.9 Å². The lowest BCUT2D eigenvalue weighted by Crippen LogP contribution is -2.66. The Bertz CT molecular complexity index is 315. The van der Waals surface area contributed by atoms with Gasteiger partial charge in [0.15, 0.2) is 0 Å². The van der Waals surface area contributed by atoms with Crippen molar-refractivity contribution < 1.29 is 9.59 Å². The summed E-state index contributed by atoms with van der Waals surface area (Å²) in [6.07, 6.45) is 2.90. The molecule has 0 bridgehead atoms. The van der Waals surface area contributed by atoms with Crippen molar-refractivity contribution in [2.45, 2.75) is 72.0 Å². The van der Waals surface area contributed by atoms with Crippen molar-refractivity contribution in [3.63, 3.8) is 0 Å². The van der Waals surface area contributed by atoms with Gasteiger partial charge in [-0.05, 0) is 25.7 Å². The highest BCUT2D eigenvalue weighted by Gasteiger charge is 2.41. The first-order chi connectivity index (χ1) is 8.43. The zero-order valence-corrected chi connectivity index (χ0v) is 12.2. The van der Waals surface area contributed by atoms with Crippen LogP contribution in [0.15, 0.2) is 0 Å². The van der Waals surface area contributed by atoms with E-state index < -0.39 is 0 Å². The maximum atomic E-state index is 12.5. The second kappa shape index (κ2) is 6.21. The van der Waals surface area contributed by atoms with Gasteiger partial charge in [-0.2, -0.15) is 0 Å². The summed E-state index contributed by atoms with van der Waals surface area (Å²) in [5.74, 6) is 0.191. The molecule has 0 aromatic carbocycles. The number of carbonyl (C=O) groups is 2. The Morgan fingerprint density at radius 3 is 2.33 bits per heavy atom. The minimum Gasteiger partial charge on any atom is -0.342 e. The van der Waals surface area contributed by atoms with Crippen LogP contribution in [0.5, 0.6) is 0 Å². The Kier molecular flexibility index (Phi) is 5.17. The maximum Gasteiger partial charge on any atom is 0.246 e. The highest BCUT2D eigenvalue weighted by Crippen LogP contribution is 2.22. The van der Waals surface area contributed by atoms with Crippen LogP contribution in [0, 0.1) is 5.92 Å². The molecule has 4 nitrogen and oxygen atoms in total. The predicted octanol–water partition coefficient (Wildman–Crippen LogP) is 1.94. The van der Waals surface area contributed by atoms with Crippen molar-refractivity contribution in [3.8, 4) is 0 Å². The van der Waals surface area contributed by atoms with E-state index in [1.54, 1.807) is 0 Å². The minimum atomic E-state index is -0.361. The number of nitrogens with zero attached hydrogens (tertiary/aromatic N) is 1. The van der Waals surface area contributed by atoms with Crippen LogP contribution >= 0.6 is 0 Å². The minimum absolute atomic E-state index is 0.0251. The van der Waals surface area contributed by atoms with E-state index in [1.165, 1.54) is 0 Å². The molecular formula is C14H26N2O2. The summed E-state index contributed by atoms with van der Waals surface area (Å²) in [6.45, 7) is 9.96. The van der Waals surface area contributed by atoms with Crippen LogP contribution in [0.4, 0.5) is 0 Å². The molecule has 4 heteroatoms. The lowest BCUT2D eigenvalue weighted by molar-refractivity contribution is -0.153. The van der Waals surface area contributed by atoms with E-state index in [0.717, 1.165) is 19.3 Å². The van der Waals surface area contributed by atoms with Crippen molar-refractivity contribution in [2.75, 3.05) is 0 Å². The van der Waals surface area contributed by atoms with E-state index in [0.29, 0.717) is 0 Å². The van der Waals surface area contributed by atoms with Gasteiger partial charge in [0.2, 0.25) is 11.8 Å². The van der Waals surface area contributed by atoms with Gasteiger partial charge in [0.1, 0.15) is 12.1 Å². The van der Waals surface area contributed by atoms with Gasteiger partial charge in [0, 0.05) is 6.04 Å². The normalized spacial score (nSPS) is 26.4. The summed E-state index contributed by atoms with van der Waals surface area (Å²) < 4.78 is 0. The van der Waals surface area contributed by atoms with Gasteiger partial charge in [-0.15, -0.1) is 0 Å². The third kappa shape index (κ3) is 2.85. The highest BCUT2D eigenvalue weighted by molar-refractivity contribution is 5.97. The lowest BCUT2D eigenvalue weighted by Gasteiger charge is -2.43. The SMILES string of the molecule is CCCC(CC)N1C(=O)C(C(C)C)NC(=O)C1C. The number of nitrogens with one attached hydrogen (secondary N) is 1. The summed E-state index contributed by atoms with van der Waals surface area (Å²) in [6, 6.07) is -0.520. The van der Waals surface area contributed by atoms with Crippen LogP contribution in [0.3, 0.4) is 0 Å². The Hall–Kier alpha value is -1.06. The molecule has 104 valence electrons. The number of hydrogen-bond acceptors (Lipinski definition) is 2. The molecule has 2 amide bonds. The van der Waals surface area contributed by atoms with Gasteiger partial charge in [-0.1, -0.05) is 34.1 Å². The van der Waals surface area contributed by atoms with E-state index in [1.807, 2.05) is 25.7 Å². The van der Waals surface area contributed by atoms with Gasteiger partial charge >= 0.3 is 0 Å². The Labute approximate surface area is 110 Å². The second-order valence-electron chi connectivity index (χ2n) is 5.50. The third-order valence-corrected chi connectivity index (χ3v) is 3.77. The molecule has 1 rings (SSSR count). The van der Waals surface area contributed by atoms with Gasteiger partial charge in [0.25, 0.3) is 0 Å². The van der Waals surface area contributed by atoms with Crippen molar-refractivity contribution in [2.24, 2.45) is 5.92 Å². The van der Waals surface area contributed by atoms with Crippen molar-refractivity contribution >= 4 is 11.8 Å². The molecule has 3 unspecified atom stereocenters. The Morgan fingerprint density at radius 2 is 1.89 bits per heavy atom. The molecular weight excluding hydrogens is 228 g/mol. The average molecular weight is 254 g/mol. The molecule has 1 heterocycles. The van der Waals surface area contributed by atoms with Crippen LogP contribution in [-0.2, 0) is 9.59 Å². The van der Waals surface area contributed by atoms with Crippen molar-refractivity contribution in [3.05, 3.63) is 0 Å². The molecule has 3 atom stereocenters. The molecule has 18 heavy (non-hydrogen) atoms. The molecule has 0 aromatic rings. The first-order valence-electron chi connectivity index (χ1n) is 7.06. The zero-order chi connectivity index (χ0) is 13.9. The molecule has 0 aromatic heterocycles. The van der Waals surface area contributed by atoms with E-state index in [4.69, 9.17) is 0 Å². The molecule has 1 aliphatic heterocycles. The van der Waals surface area contributed by atoms with E-state index in [2.05, 4.69) is 19.2 Å². The summed E-state index contributed by atoms with van der Waals surface area (Å²) in [5, 5.41) is 2.84. The maximum absolute atomic E-state index is 12.5. The largest absolute Gasteiger partial charge is 0.342 e. The second-order valence-corrected chi connectivity index (χ2v) is 5.50. The molecule has 0 aliphatic carbocycles. The van der Waals surface area contributed by atoms with Crippen LogP contribution < -0.4 is 5.32 Å². The number of carbonyl (C=O) groups excluding carboxylic acids is 2. The standard InChI is InChI=1S/C14H26N2O2/c1-6-8-11(7-2)16-10(5)13(17)15-12(9(3)4)14(16)18/h9-12H,6-8H2,1-5H3,(H,15,17). The Morgan fingerprint density at radius 1 is 1.28 bits per heavy atom. The van der Waals surface area contributed by atoms with Crippen LogP contribution in [0.25, 0.3) is 0 Å². The molecule has 0 radical (unpaired) electrons. The average Bonchev–Trinajstić information content (AvgIpc) is 2.32. The lowest BCUT2D eigenvalue weighted by atomic mass is 9.95. The first kappa shape index (κ1) is 15.0. The molecule has 0 saturated carbocycles. The van der Waals surface area contributed by atoms with E-state index in [9.17, 15) is 9.59 Å². The van der Waals surface area contributed by atoms with Gasteiger partial charge in [-0.3, -0.25) is 9.59 Å². The molecule has 0 spiro atoms. The zero-order valence-electron chi connectivity index (χ0n) is 12.2. The molecule has 1 N–H and O–H groups in total. The summed E-state index contributed by atoms with van der Waals surface area (Å²) in [5.41, 5.74) is 0. The number of amides is 2. The summed E-state index contributed by atoms with van der Waals surface area (Å²) >= 11 is 0. The number of hydrogen-bond donors (Lipinski definition) is 1. The first-order valence-corrected chi connectivity index (χ1v) is 7.06. The monoisotopic (exact) mass is 254 g/mol. The molecule has 1 fully saturated rings. The van der Waals surface area contributed by atoms with Crippen molar-refractivity contribution in [1.82, 2.24) is 10.2 Å². The Balaban J connectivity index is 2.97. The topological polar surface area (TPSA) is 49.4 Å². The summed E-state index contributed by atoms with van der Waals surface area (Å²) in [7, 11) is 0. The highest BCUT2D eigenvalue weighted by atomic mass is 16.2. The fourth-order valence-electron chi connectivity index (χ4n) is 2.63. The van der Waals surface area contributed by atoms with Gasteiger partial charge in [-0.25, -0.2) is 0 Å². The fourth-order valence-corrected chi connectivity index (χ4v) is 2.63. The van der Waals surface area contributed by atoms with Crippen LogP contribution in [0.2, 0.25) is 0 Å². The summed E-state index contributed by atoms with van der Waals surface area (Å²) in [4.78, 5) is 26.3.